The number of hydrogen-bond acceptors (Lipinski definition) is 4. The highest BCUT2D eigenvalue weighted by Crippen LogP contribution is 2.51. The predicted octanol–water partition coefficient (Wildman–Crippen LogP) is 15.8. The average molecular weight is 851 g/mol. The molecule has 0 bridgehead atoms. The van der Waals surface area contributed by atoms with E-state index in [1.807, 2.05) is 60.7 Å². The van der Waals surface area contributed by atoms with Crippen molar-refractivity contribution in [3.05, 3.63) is 241 Å². The van der Waals surface area contributed by atoms with Crippen molar-refractivity contribution < 1.29 is 0 Å². The number of anilines is 2. The molecule has 66 heavy (non-hydrogen) atoms. The number of fused-ring (bicyclic) bond motifs is 3. The molecule has 1 unspecified atom stereocenters. The maximum atomic E-state index is 5.03. The molecule has 2 aliphatic rings. The van der Waals surface area contributed by atoms with Crippen LogP contribution in [0.15, 0.2) is 218 Å². The zero-order chi connectivity index (χ0) is 44.8. The monoisotopic (exact) mass is 850 g/mol. The van der Waals surface area contributed by atoms with Crippen LogP contribution in [0.1, 0.15) is 49.4 Å². The molecule has 1 aromatic heterocycles. The van der Waals surface area contributed by atoms with Crippen molar-refractivity contribution in [3.8, 4) is 67.5 Å². The van der Waals surface area contributed by atoms with Crippen LogP contribution < -0.4 is 4.90 Å². The summed E-state index contributed by atoms with van der Waals surface area (Å²) in [6.07, 6.45) is 8.00. The fraction of sp³-hybridized carbons (Fsp3) is 0.113. The van der Waals surface area contributed by atoms with E-state index < -0.39 is 0 Å². The number of benzene rings is 8. The Morgan fingerprint density at radius 1 is 0.424 bits per heavy atom. The van der Waals surface area contributed by atoms with Crippen LogP contribution in [-0.2, 0) is 5.41 Å². The van der Waals surface area contributed by atoms with E-state index in [1.165, 1.54) is 55.9 Å². The first-order chi connectivity index (χ1) is 32.2. The van der Waals surface area contributed by atoms with E-state index in [0.717, 1.165) is 39.8 Å². The molecule has 0 amide bonds. The molecule has 1 atom stereocenters. The van der Waals surface area contributed by atoms with Crippen molar-refractivity contribution in [1.29, 1.82) is 0 Å². The van der Waals surface area contributed by atoms with E-state index in [1.54, 1.807) is 0 Å². The number of allylic oxidation sites excluding steroid dienone is 2. The topological polar surface area (TPSA) is 41.9 Å². The molecule has 4 heteroatoms. The summed E-state index contributed by atoms with van der Waals surface area (Å²) in [5, 5.41) is 0. The standard InChI is InChI=1S/C62H50N4/c1-42-52(49-27-16-25-47(39-49)48-26-17-28-50(40-48)60-64-58(45-21-10-6-11-22-45)63-59(65-60)46-23-12-7-13-24-46)30-18-32-57(42)66(62(4)37-35-44(36-38-62)43-19-8-5-9-20-43)51-33-34-54-53-29-14-15-31-55(53)61(2,3)56(54)41-51/h5-37,39-41H,38H2,1-4H3. The Kier molecular flexibility index (Phi) is 10.2. The van der Waals surface area contributed by atoms with Gasteiger partial charge in [-0.25, -0.2) is 15.0 Å². The van der Waals surface area contributed by atoms with Gasteiger partial charge in [0, 0.05) is 33.5 Å². The molecule has 0 N–H and O–H groups in total. The molecule has 0 spiro atoms. The maximum Gasteiger partial charge on any atom is 0.164 e. The molecule has 0 saturated heterocycles. The second-order valence-electron chi connectivity index (χ2n) is 18.3. The molecule has 11 rings (SSSR count). The fourth-order valence-corrected chi connectivity index (χ4v) is 10.1. The predicted molar refractivity (Wildman–Crippen MR) is 274 cm³/mol. The maximum absolute atomic E-state index is 5.03. The van der Waals surface area contributed by atoms with E-state index in [-0.39, 0.29) is 11.0 Å². The van der Waals surface area contributed by atoms with Gasteiger partial charge < -0.3 is 4.90 Å². The number of rotatable bonds is 9. The lowest BCUT2D eigenvalue weighted by Crippen LogP contribution is -2.43. The molecular weight excluding hydrogens is 801 g/mol. The van der Waals surface area contributed by atoms with E-state index >= 15 is 0 Å². The smallest absolute Gasteiger partial charge is 0.164 e. The minimum absolute atomic E-state index is 0.121. The van der Waals surface area contributed by atoms with Crippen LogP contribution >= 0.6 is 0 Å². The van der Waals surface area contributed by atoms with Crippen LogP contribution in [0.5, 0.6) is 0 Å². The van der Waals surface area contributed by atoms with E-state index in [4.69, 9.17) is 15.0 Å². The Morgan fingerprint density at radius 3 is 1.56 bits per heavy atom. The Balaban J connectivity index is 0.986. The van der Waals surface area contributed by atoms with Crippen molar-refractivity contribution in [1.82, 2.24) is 15.0 Å². The number of hydrogen-bond donors (Lipinski definition) is 0. The average Bonchev–Trinajstić information content (AvgIpc) is 3.60. The van der Waals surface area contributed by atoms with Gasteiger partial charge in [0.25, 0.3) is 0 Å². The van der Waals surface area contributed by atoms with Crippen molar-refractivity contribution in [2.75, 3.05) is 4.90 Å². The highest BCUT2D eigenvalue weighted by molar-refractivity contribution is 5.87. The number of nitrogens with zero attached hydrogens (tertiary/aromatic N) is 4. The molecule has 0 radical (unpaired) electrons. The fourth-order valence-electron chi connectivity index (χ4n) is 10.1. The molecule has 0 fully saturated rings. The van der Waals surface area contributed by atoms with Crippen molar-refractivity contribution >= 4 is 16.9 Å². The van der Waals surface area contributed by atoms with Gasteiger partial charge in [-0.3, -0.25) is 0 Å². The van der Waals surface area contributed by atoms with Crippen LogP contribution in [0.3, 0.4) is 0 Å². The molecule has 1 heterocycles. The molecule has 2 aliphatic carbocycles. The van der Waals surface area contributed by atoms with Crippen LogP contribution in [0.25, 0.3) is 73.1 Å². The highest BCUT2D eigenvalue weighted by Gasteiger charge is 2.38. The molecule has 4 nitrogen and oxygen atoms in total. The molecule has 318 valence electrons. The molecular formula is C62H50N4. The van der Waals surface area contributed by atoms with Gasteiger partial charge in [-0.1, -0.05) is 202 Å². The summed E-state index contributed by atoms with van der Waals surface area (Å²) in [4.78, 5) is 17.6. The minimum atomic E-state index is -0.344. The van der Waals surface area contributed by atoms with Crippen molar-refractivity contribution in [2.45, 2.75) is 45.1 Å². The second-order valence-corrected chi connectivity index (χ2v) is 18.3. The van der Waals surface area contributed by atoms with Crippen LogP contribution in [0.2, 0.25) is 0 Å². The Bertz CT molecular complexity index is 3270. The Morgan fingerprint density at radius 2 is 0.924 bits per heavy atom. The van der Waals surface area contributed by atoms with Crippen LogP contribution in [-0.4, -0.2) is 20.5 Å². The van der Waals surface area contributed by atoms with Crippen LogP contribution in [0.4, 0.5) is 11.4 Å². The van der Waals surface area contributed by atoms with Gasteiger partial charge in [0.2, 0.25) is 0 Å². The summed E-state index contributed by atoms with van der Waals surface area (Å²) in [5.74, 6) is 1.93. The van der Waals surface area contributed by atoms with E-state index in [0.29, 0.717) is 17.5 Å². The van der Waals surface area contributed by atoms with Gasteiger partial charge in [-0.05, 0) is 112 Å². The molecule has 0 saturated carbocycles. The Labute approximate surface area is 388 Å². The lowest BCUT2D eigenvalue weighted by atomic mass is 9.81. The van der Waals surface area contributed by atoms with Gasteiger partial charge >= 0.3 is 0 Å². The molecule has 9 aromatic rings. The van der Waals surface area contributed by atoms with Gasteiger partial charge in [0.1, 0.15) is 0 Å². The zero-order valence-corrected chi connectivity index (χ0v) is 37.8. The van der Waals surface area contributed by atoms with Gasteiger partial charge in [0.15, 0.2) is 17.5 Å². The summed E-state index contributed by atoms with van der Waals surface area (Å²) in [6.45, 7) is 9.40. The molecule has 8 aromatic carbocycles. The second kappa shape index (κ2) is 16.6. The SMILES string of the molecule is Cc1c(-c2cccc(-c3cccc(-c4nc(-c5ccccc5)nc(-c5ccccc5)n4)c3)c2)cccc1N(c1ccc2c(c1)C(C)(C)c1ccccc1-2)C1(C)C=CC(c2ccccc2)=CC1. The van der Waals surface area contributed by atoms with Crippen molar-refractivity contribution in [3.63, 3.8) is 0 Å². The first-order valence-electron chi connectivity index (χ1n) is 22.9. The summed E-state index contributed by atoms with van der Waals surface area (Å²) in [7, 11) is 0. The zero-order valence-electron chi connectivity index (χ0n) is 37.8. The normalized spacial score (nSPS) is 15.7. The summed E-state index contributed by atoms with van der Waals surface area (Å²) in [6, 6.07) is 71.3. The lowest BCUT2D eigenvalue weighted by Gasteiger charge is -2.43. The Hall–Kier alpha value is -7.95. The lowest BCUT2D eigenvalue weighted by molar-refractivity contribution is 0.569. The van der Waals surface area contributed by atoms with Crippen molar-refractivity contribution in [2.24, 2.45) is 0 Å². The highest BCUT2D eigenvalue weighted by atomic mass is 15.2. The molecule has 0 aliphatic heterocycles. The van der Waals surface area contributed by atoms with Gasteiger partial charge in [-0.2, -0.15) is 0 Å². The number of aromatic nitrogens is 3. The van der Waals surface area contributed by atoms with Gasteiger partial charge in [-0.15, -0.1) is 0 Å². The third kappa shape index (κ3) is 7.35. The van der Waals surface area contributed by atoms with Gasteiger partial charge in [0.05, 0.1) is 5.54 Å². The van der Waals surface area contributed by atoms with Crippen LogP contribution in [0, 0.1) is 6.92 Å². The largest absolute Gasteiger partial charge is 0.331 e. The first kappa shape index (κ1) is 40.8. The third-order valence-corrected chi connectivity index (χ3v) is 13.7. The minimum Gasteiger partial charge on any atom is -0.331 e. The third-order valence-electron chi connectivity index (χ3n) is 13.7. The van der Waals surface area contributed by atoms with E-state index in [2.05, 4.69) is 190 Å². The van der Waals surface area contributed by atoms with E-state index in [9.17, 15) is 0 Å². The quantitative estimate of drug-likeness (QED) is 0.145. The first-order valence-corrected chi connectivity index (χ1v) is 22.9. The summed E-state index contributed by atoms with van der Waals surface area (Å²) < 4.78 is 0. The summed E-state index contributed by atoms with van der Waals surface area (Å²) >= 11 is 0. The summed E-state index contributed by atoms with van der Waals surface area (Å²) in [5.41, 5.74) is 18.5.